The van der Waals surface area contributed by atoms with Crippen molar-refractivity contribution in [2.45, 2.75) is 97.4 Å². The molecule has 58 heavy (non-hydrogen) atoms. The highest BCUT2D eigenvalue weighted by atomic mass is 32.2. The van der Waals surface area contributed by atoms with Crippen molar-refractivity contribution in [3.8, 4) is 11.5 Å². The number of carbonyl (C=O) groups is 2. The molecule has 2 spiro atoms. The van der Waals surface area contributed by atoms with E-state index < -0.39 is 33.3 Å². The summed E-state index contributed by atoms with van der Waals surface area (Å²) in [4.78, 5) is 42.9. The third-order valence-electron chi connectivity index (χ3n) is 12.2. The second-order valence-electron chi connectivity index (χ2n) is 18.6. The maximum absolute atomic E-state index is 14.5. The Morgan fingerprint density at radius 2 is 1.62 bits per heavy atom. The van der Waals surface area contributed by atoms with Crippen LogP contribution in [0.3, 0.4) is 0 Å². The number of carbonyl (C=O) groups excluding carboxylic acids is 2. The largest absolute Gasteiger partial charge is 0.451 e. The lowest BCUT2D eigenvalue weighted by molar-refractivity contribution is -0.166. The summed E-state index contributed by atoms with van der Waals surface area (Å²) in [7, 11) is -3.65. The molecule has 5 aliphatic heterocycles. The molecule has 5 fully saturated rings. The molecule has 1 aromatic carbocycles. The van der Waals surface area contributed by atoms with Crippen molar-refractivity contribution in [3.63, 3.8) is 0 Å². The highest BCUT2D eigenvalue weighted by Crippen LogP contribution is 2.45. The SMILES string of the molecule is CC(C)N(C(=O)c1cc(F)ccc1Oc1cncnc1N1CC2(CCN(CC3CCN(S(=O)(=O)N4CCOC5(CN(C(=O)OC(C)(C)C)C5)C4)CC3)CC2)C1)C(C)C. The van der Waals surface area contributed by atoms with Gasteiger partial charge in [0.05, 0.1) is 31.5 Å². The highest BCUT2D eigenvalue weighted by Gasteiger charge is 2.53. The van der Waals surface area contributed by atoms with Crippen LogP contribution in [0.4, 0.5) is 15.0 Å². The number of rotatable bonds is 10. The van der Waals surface area contributed by atoms with Crippen molar-refractivity contribution in [1.82, 2.24) is 33.3 Å². The van der Waals surface area contributed by atoms with Crippen molar-refractivity contribution >= 4 is 28.0 Å². The van der Waals surface area contributed by atoms with Gasteiger partial charge in [-0.05, 0) is 111 Å². The number of halogens is 1. The Morgan fingerprint density at radius 1 is 0.948 bits per heavy atom. The third-order valence-corrected chi connectivity index (χ3v) is 14.2. The Hall–Kier alpha value is -3.64. The van der Waals surface area contributed by atoms with Gasteiger partial charge in [-0.2, -0.15) is 17.0 Å². The number of anilines is 1. The third kappa shape index (κ3) is 9.08. The lowest BCUT2D eigenvalue weighted by atomic mass is 9.72. The maximum Gasteiger partial charge on any atom is 0.410 e. The van der Waals surface area contributed by atoms with Gasteiger partial charge in [-0.3, -0.25) is 4.79 Å². The molecule has 6 heterocycles. The van der Waals surface area contributed by atoms with Crippen molar-refractivity contribution in [1.29, 1.82) is 0 Å². The first-order valence-corrected chi connectivity index (χ1v) is 22.2. The Balaban J connectivity index is 0.877. The zero-order chi connectivity index (χ0) is 41.6. The minimum Gasteiger partial charge on any atom is -0.451 e. The first kappa shape index (κ1) is 42.5. The van der Waals surface area contributed by atoms with E-state index >= 15 is 0 Å². The average Bonchev–Trinajstić information content (AvgIpc) is 3.13. The van der Waals surface area contributed by atoms with Crippen LogP contribution >= 0.6 is 0 Å². The molecule has 0 N–H and O–H groups in total. The van der Waals surface area contributed by atoms with Gasteiger partial charge in [-0.25, -0.2) is 19.2 Å². The molecular weight excluding hydrogens is 768 g/mol. The number of aromatic nitrogens is 2. The monoisotopic (exact) mass is 828 g/mol. The van der Waals surface area contributed by atoms with Crippen molar-refractivity contribution in [2.24, 2.45) is 11.3 Å². The van der Waals surface area contributed by atoms with Crippen LogP contribution in [0.1, 0.15) is 84.5 Å². The smallest absolute Gasteiger partial charge is 0.410 e. The number of amides is 2. The summed E-state index contributed by atoms with van der Waals surface area (Å²) >= 11 is 0. The second-order valence-corrected chi connectivity index (χ2v) is 20.5. The summed E-state index contributed by atoms with van der Waals surface area (Å²) in [5.74, 6) is 0.959. The molecule has 0 saturated carbocycles. The molecule has 320 valence electrons. The van der Waals surface area contributed by atoms with E-state index in [4.69, 9.17) is 14.2 Å². The Morgan fingerprint density at radius 3 is 2.26 bits per heavy atom. The molecule has 15 nitrogen and oxygen atoms in total. The van der Waals surface area contributed by atoms with Crippen LogP contribution in [0.2, 0.25) is 0 Å². The van der Waals surface area contributed by atoms with E-state index in [1.807, 2.05) is 48.5 Å². The predicted molar refractivity (Wildman–Crippen MR) is 217 cm³/mol. The van der Waals surface area contributed by atoms with E-state index in [9.17, 15) is 22.4 Å². The summed E-state index contributed by atoms with van der Waals surface area (Å²) in [5, 5.41) is 0. The number of benzene rings is 1. The second kappa shape index (κ2) is 16.4. The van der Waals surface area contributed by atoms with E-state index in [0.29, 0.717) is 56.8 Å². The van der Waals surface area contributed by atoms with Crippen LogP contribution in [0, 0.1) is 17.2 Å². The Bertz CT molecular complexity index is 1910. The van der Waals surface area contributed by atoms with E-state index in [2.05, 4.69) is 19.8 Å². The summed E-state index contributed by atoms with van der Waals surface area (Å²) < 4.78 is 63.0. The molecule has 0 atom stereocenters. The van der Waals surface area contributed by atoms with Crippen LogP contribution in [0.25, 0.3) is 0 Å². The molecular formula is C41H61FN8O7S. The standard InChI is InChI=1S/C41H61FN8O7S/c1-29(2)50(30(3)4)37(51)33-20-32(42)8-9-34(33)56-35-21-43-28-44-36(35)46-23-40(24-46)12-16-45(17-13-40)22-31-10-14-48(15-11-31)58(53,54)49-18-19-55-41(27-49)25-47(26-41)38(52)57-39(5,6)7/h8-9,20-21,28-31H,10-19,22-27H2,1-7H3. The van der Waals surface area contributed by atoms with Gasteiger partial charge in [0.15, 0.2) is 11.6 Å². The van der Waals surface area contributed by atoms with E-state index in [-0.39, 0.29) is 41.3 Å². The fourth-order valence-electron chi connectivity index (χ4n) is 9.29. The van der Waals surface area contributed by atoms with Gasteiger partial charge < -0.3 is 33.8 Å². The molecule has 5 saturated heterocycles. The number of likely N-dealkylation sites (tertiary alicyclic amines) is 2. The van der Waals surface area contributed by atoms with Gasteiger partial charge in [0.25, 0.3) is 16.1 Å². The predicted octanol–water partition coefficient (Wildman–Crippen LogP) is 4.85. The molecule has 0 radical (unpaired) electrons. The number of piperidine rings is 2. The lowest BCUT2D eigenvalue weighted by Crippen LogP contribution is -2.72. The first-order valence-electron chi connectivity index (χ1n) is 20.8. The van der Waals surface area contributed by atoms with Crippen molar-refractivity contribution < 1.29 is 36.6 Å². The number of ether oxygens (including phenoxy) is 3. The van der Waals surface area contributed by atoms with Gasteiger partial charge >= 0.3 is 6.09 Å². The zero-order valence-corrected chi connectivity index (χ0v) is 36.0. The molecule has 0 aliphatic carbocycles. The first-order chi connectivity index (χ1) is 27.4. The van der Waals surface area contributed by atoms with Crippen molar-refractivity contribution in [2.75, 3.05) is 83.5 Å². The van der Waals surface area contributed by atoms with E-state index in [1.54, 1.807) is 24.6 Å². The molecule has 5 aliphatic rings. The summed E-state index contributed by atoms with van der Waals surface area (Å²) in [6.45, 7) is 20.3. The van der Waals surface area contributed by atoms with Gasteiger partial charge in [0.1, 0.15) is 29.1 Å². The fourth-order valence-corrected chi connectivity index (χ4v) is 11.0. The lowest BCUT2D eigenvalue weighted by Gasteiger charge is -2.55. The fraction of sp³-hybridized carbons (Fsp3) is 0.707. The van der Waals surface area contributed by atoms with Gasteiger partial charge in [0.2, 0.25) is 0 Å². The molecule has 7 rings (SSSR count). The molecule has 2 amide bonds. The van der Waals surface area contributed by atoms with E-state index in [0.717, 1.165) is 58.4 Å². The molecule has 0 unspecified atom stereocenters. The normalized spacial score (nSPS) is 22.0. The summed E-state index contributed by atoms with van der Waals surface area (Å²) in [5.41, 5.74) is -0.959. The summed E-state index contributed by atoms with van der Waals surface area (Å²) in [6.07, 6.45) is 6.44. The number of nitrogens with zero attached hydrogens (tertiary/aromatic N) is 8. The molecule has 2 aromatic rings. The van der Waals surface area contributed by atoms with Crippen LogP contribution < -0.4 is 9.64 Å². The molecule has 0 bridgehead atoms. The minimum absolute atomic E-state index is 0.0792. The number of morpholine rings is 1. The summed E-state index contributed by atoms with van der Waals surface area (Å²) in [6, 6.07) is 3.86. The quantitative estimate of drug-likeness (QED) is 0.325. The van der Waals surface area contributed by atoms with Gasteiger partial charge in [-0.1, -0.05) is 0 Å². The average molecular weight is 829 g/mol. The van der Waals surface area contributed by atoms with Gasteiger partial charge in [0, 0.05) is 63.3 Å². The van der Waals surface area contributed by atoms with Crippen molar-refractivity contribution in [3.05, 3.63) is 42.1 Å². The number of hydrogen-bond acceptors (Lipinski definition) is 11. The topological polar surface area (TPSA) is 141 Å². The van der Waals surface area contributed by atoms with Gasteiger partial charge in [-0.15, -0.1) is 0 Å². The molecule has 1 aromatic heterocycles. The van der Waals surface area contributed by atoms with E-state index in [1.165, 1.54) is 24.5 Å². The number of hydrogen-bond donors (Lipinski definition) is 0. The van der Waals surface area contributed by atoms with Crippen LogP contribution in [-0.4, -0.2) is 156 Å². The Labute approximate surface area is 342 Å². The van der Waals surface area contributed by atoms with Crippen LogP contribution in [-0.2, 0) is 19.7 Å². The maximum atomic E-state index is 14.5. The Kier molecular flexibility index (Phi) is 12.0. The minimum atomic E-state index is -3.65. The van der Waals surface area contributed by atoms with Crippen LogP contribution in [0.5, 0.6) is 11.5 Å². The zero-order valence-electron chi connectivity index (χ0n) is 35.2. The molecule has 17 heteroatoms. The highest BCUT2D eigenvalue weighted by molar-refractivity contribution is 7.86. The van der Waals surface area contributed by atoms with Crippen LogP contribution in [0.15, 0.2) is 30.7 Å².